The van der Waals surface area contributed by atoms with E-state index in [0.29, 0.717) is 19.4 Å². The van der Waals surface area contributed by atoms with Crippen molar-refractivity contribution >= 4 is 21.7 Å². The molecule has 0 aliphatic rings. The van der Waals surface area contributed by atoms with Crippen LogP contribution in [0, 0.1) is 5.41 Å². The SMILES string of the molecule is CC(C)(CCNC(=O)C(C)(C)S(C)(=O)=O)CCC(=O)O. The molecule has 6 nitrogen and oxygen atoms in total. The van der Waals surface area contributed by atoms with Crippen LogP contribution in [0.3, 0.4) is 0 Å². The van der Waals surface area contributed by atoms with Gasteiger partial charge in [0.25, 0.3) is 0 Å². The summed E-state index contributed by atoms with van der Waals surface area (Å²) in [7, 11) is -3.48. The molecule has 0 aromatic carbocycles. The standard InChI is InChI=1S/C13H25NO5S/c1-12(2,7-6-10(15)16)8-9-14-11(17)13(3,4)20(5,18)19/h6-9H2,1-5H3,(H,14,17)(H,15,16). The average molecular weight is 307 g/mol. The normalized spacial score (nSPS) is 13.1. The van der Waals surface area contributed by atoms with Crippen molar-refractivity contribution in [2.45, 2.75) is 51.7 Å². The second-order valence-electron chi connectivity index (χ2n) is 6.35. The second-order valence-corrected chi connectivity index (χ2v) is 8.91. The molecule has 0 saturated carbocycles. The molecule has 0 atom stereocenters. The van der Waals surface area contributed by atoms with Gasteiger partial charge < -0.3 is 10.4 Å². The molecule has 0 aliphatic carbocycles. The number of carboxylic acids is 1. The van der Waals surface area contributed by atoms with Crippen molar-refractivity contribution in [3.63, 3.8) is 0 Å². The third-order valence-electron chi connectivity index (χ3n) is 3.58. The Kier molecular flexibility index (Phi) is 6.20. The molecular weight excluding hydrogens is 282 g/mol. The van der Waals surface area contributed by atoms with Crippen molar-refractivity contribution in [3.05, 3.63) is 0 Å². The molecule has 0 radical (unpaired) electrons. The van der Waals surface area contributed by atoms with Crippen LogP contribution in [0.2, 0.25) is 0 Å². The van der Waals surface area contributed by atoms with Crippen LogP contribution in [0.15, 0.2) is 0 Å². The van der Waals surface area contributed by atoms with Gasteiger partial charge in [0.15, 0.2) is 9.84 Å². The van der Waals surface area contributed by atoms with Crippen LogP contribution in [0.5, 0.6) is 0 Å². The minimum atomic E-state index is -3.48. The predicted molar refractivity (Wildman–Crippen MR) is 77.2 cm³/mol. The van der Waals surface area contributed by atoms with E-state index >= 15 is 0 Å². The Labute approximate surface area is 120 Å². The van der Waals surface area contributed by atoms with Gasteiger partial charge in [0.1, 0.15) is 4.75 Å². The first-order valence-electron chi connectivity index (χ1n) is 6.49. The van der Waals surface area contributed by atoms with Crippen molar-refractivity contribution in [1.29, 1.82) is 0 Å². The highest BCUT2D eigenvalue weighted by molar-refractivity contribution is 7.92. The monoisotopic (exact) mass is 307 g/mol. The summed E-state index contributed by atoms with van der Waals surface area (Å²) >= 11 is 0. The molecule has 0 bridgehead atoms. The molecule has 2 N–H and O–H groups in total. The summed E-state index contributed by atoms with van der Waals surface area (Å²) in [5.74, 6) is -1.38. The number of nitrogens with one attached hydrogen (secondary N) is 1. The number of rotatable bonds is 8. The lowest BCUT2D eigenvalue weighted by atomic mass is 9.84. The molecule has 0 aromatic heterocycles. The molecule has 20 heavy (non-hydrogen) atoms. The number of hydrogen-bond acceptors (Lipinski definition) is 4. The van der Waals surface area contributed by atoms with Gasteiger partial charge in [0.2, 0.25) is 5.91 Å². The third-order valence-corrected chi connectivity index (χ3v) is 5.62. The van der Waals surface area contributed by atoms with E-state index < -0.39 is 26.5 Å². The van der Waals surface area contributed by atoms with Crippen LogP contribution >= 0.6 is 0 Å². The lowest BCUT2D eigenvalue weighted by Crippen LogP contribution is -2.48. The van der Waals surface area contributed by atoms with Crippen LogP contribution in [0.1, 0.15) is 47.0 Å². The number of carbonyl (C=O) groups is 2. The first-order chi connectivity index (χ1) is 8.79. The lowest BCUT2D eigenvalue weighted by molar-refractivity contribution is -0.137. The molecular formula is C13H25NO5S. The van der Waals surface area contributed by atoms with E-state index in [9.17, 15) is 18.0 Å². The molecule has 0 heterocycles. The molecule has 118 valence electrons. The van der Waals surface area contributed by atoms with Gasteiger partial charge in [-0.25, -0.2) is 8.42 Å². The summed E-state index contributed by atoms with van der Waals surface area (Å²) in [5, 5.41) is 11.3. The first-order valence-corrected chi connectivity index (χ1v) is 8.38. The largest absolute Gasteiger partial charge is 0.481 e. The molecule has 0 spiro atoms. The molecule has 0 aromatic rings. The maximum absolute atomic E-state index is 11.9. The Morgan fingerprint density at radius 3 is 2.00 bits per heavy atom. The van der Waals surface area contributed by atoms with Crippen molar-refractivity contribution in [2.75, 3.05) is 12.8 Å². The first kappa shape index (κ1) is 18.9. The fourth-order valence-corrected chi connectivity index (χ4v) is 1.87. The Bertz CT molecular complexity index is 465. The third kappa shape index (κ3) is 5.90. The smallest absolute Gasteiger partial charge is 0.303 e. The van der Waals surface area contributed by atoms with Gasteiger partial charge in [-0.2, -0.15) is 0 Å². The van der Waals surface area contributed by atoms with E-state index in [1.807, 2.05) is 13.8 Å². The molecule has 7 heteroatoms. The number of amides is 1. The fraction of sp³-hybridized carbons (Fsp3) is 0.846. The zero-order valence-corrected chi connectivity index (χ0v) is 13.6. The summed E-state index contributed by atoms with van der Waals surface area (Å²) in [6, 6.07) is 0. The maximum atomic E-state index is 11.9. The Morgan fingerprint density at radius 2 is 1.60 bits per heavy atom. The van der Waals surface area contributed by atoms with Gasteiger partial charge in [-0.1, -0.05) is 13.8 Å². The second kappa shape index (κ2) is 6.56. The van der Waals surface area contributed by atoms with Crippen molar-refractivity contribution in [3.8, 4) is 0 Å². The maximum Gasteiger partial charge on any atom is 0.303 e. The highest BCUT2D eigenvalue weighted by Gasteiger charge is 2.38. The van der Waals surface area contributed by atoms with E-state index in [2.05, 4.69) is 5.32 Å². The van der Waals surface area contributed by atoms with Crippen LogP contribution in [0.4, 0.5) is 0 Å². The molecule has 0 rings (SSSR count). The highest BCUT2D eigenvalue weighted by atomic mass is 32.2. The van der Waals surface area contributed by atoms with Crippen molar-refractivity contribution < 1.29 is 23.1 Å². The Balaban J connectivity index is 4.38. The molecule has 0 saturated heterocycles. The molecule has 0 fully saturated rings. The quantitative estimate of drug-likeness (QED) is 0.702. The average Bonchev–Trinajstić information content (AvgIpc) is 2.24. The molecule has 0 unspecified atom stereocenters. The summed E-state index contributed by atoms with van der Waals surface area (Å²) in [6.07, 6.45) is 2.21. The van der Waals surface area contributed by atoms with Crippen molar-refractivity contribution in [1.82, 2.24) is 5.32 Å². The van der Waals surface area contributed by atoms with Gasteiger partial charge in [0.05, 0.1) is 0 Å². The number of carbonyl (C=O) groups excluding carboxylic acids is 1. The van der Waals surface area contributed by atoms with Crippen LogP contribution in [-0.2, 0) is 19.4 Å². The van der Waals surface area contributed by atoms with Gasteiger partial charge in [-0.05, 0) is 32.1 Å². The molecule has 1 amide bonds. The number of hydrogen-bond donors (Lipinski definition) is 2. The zero-order chi connectivity index (χ0) is 16.2. The van der Waals surface area contributed by atoms with E-state index in [-0.39, 0.29) is 11.8 Å². The van der Waals surface area contributed by atoms with Crippen LogP contribution < -0.4 is 5.32 Å². The summed E-state index contributed by atoms with van der Waals surface area (Å²) in [4.78, 5) is 22.4. The number of sulfone groups is 1. The minimum absolute atomic E-state index is 0.0791. The van der Waals surface area contributed by atoms with E-state index in [1.165, 1.54) is 13.8 Å². The van der Waals surface area contributed by atoms with E-state index in [1.54, 1.807) is 0 Å². The topological polar surface area (TPSA) is 101 Å². The number of carboxylic acid groups (broad SMARTS) is 1. The minimum Gasteiger partial charge on any atom is -0.481 e. The van der Waals surface area contributed by atoms with E-state index in [4.69, 9.17) is 5.11 Å². The summed E-state index contributed by atoms with van der Waals surface area (Å²) in [6.45, 7) is 6.90. The van der Waals surface area contributed by atoms with Gasteiger partial charge >= 0.3 is 5.97 Å². The summed E-state index contributed by atoms with van der Waals surface area (Å²) in [5.41, 5.74) is -0.221. The Hall–Kier alpha value is -1.11. The summed E-state index contributed by atoms with van der Waals surface area (Å²) < 4.78 is 21.6. The zero-order valence-electron chi connectivity index (χ0n) is 12.8. The van der Waals surface area contributed by atoms with Gasteiger partial charge in [0, 0.05) is 19.2 Å². The molecule has 0 aliphatic heterocycles. The Morgan fingerprint density at radius 1 is 1.10 bits per heavy atom. The van der Waals surface area contributed by atoms with Gasteiger partial charge in [-0.3, -0.25) is 9.59 Å². The fourth-order valence-electron chi connectivity index (χ4n) is 1.47. The predicted octanol–water partition coefficient (Wildman–Crippen LogP) is 1.21. The van der Waals surface area contributed by atoms with Crippen LogP contribution in [0.25, 0.3) is 0 Å². The van der Waals surface area contributed by atoms with Crippen LogP contribution in [-0.4, -0.2) is 42.9 Å². The van der Waals surface area contributed by atoms with Crippen molar-refractivity contribution in [2.24, 2.45) is 5.41 Å². The van der Waals surface area contributed by atoms with E-state index in [0.717, 1.165) is 6.26 Å². The lowest BCUT2D eigenvalue weighted by Gasteiger charge is -2.26. The number of aliphatic carboxylic acids is 1. The highest BCUT2D eigenvalue weighted by Crippen LogP contribution is 2.26. The van der Waals surface area contributed by atoms with Gasteiger partial charge in [-0.15, -0.1) is 0 Å².